The van der Waals surface area contributed by atoms with Crippen molar-refractivity contribution < 1.29 is 9.90 Å². The summed E-state index contributed by atoms with van der Waals surface area (Å²) in [6.45, 7) is 7.51. The molecule has 0 aromatic carbocycles. The van der Waals surface area contributed by atoms with Gasteiger partial charge in [-0.05, 0) is 24.4 Å². The summed E-state index contributed by atoms with van der Waals surface area (Å²) < 4.78 is 0. The van der Waals surface area contributed by atoms with Crippen molar-refractivity contribution in [1.29, 1.82) is 0 Å². The van der Waals surface area contributed by atoms with Crippen LogP contribution in [-0.4, -0.2) is 29.1 Å². The van der Waals surface area contributed by atoms with Gasteiger partial charge in [-0.25, -0.2) is 0 Å². The molecule has 0 bridgehead atoms. The van der Waals surface area contributed by atoms with E-state index in [9.17, 15) is 4.79 Å². The standard InChI is InChI=1S/C13H21NO2S/c1-4-11(12-7-6-8-17-12)14(5-2)9-10(3)13(15)16/h6-8,10-11H,4-5,9H2,1-3H3,(H,15,16). The maximum absolute atomic E-state index is 10.9. The molecule has 0 aliphatic rings. The van der Waals surface area contributed by atoms with Gasteiger partial charge in [0.15, 0.2) is 0 Å². The fourth-order valence-electron chi connectivity index (χ4n) is 2.03. The van der Waals surface area contributed by atoms with Gasteiger partial charge in [0.05, 0.1) is 5.92 Å². The van der Waals surface area contributed by atoms with Crippen LogP contribution < -0.4 is 0 Å². The van der Waals surface area contributed by atoms with Crippen molar-refractivity contribution in [3.63, 3.8) is 0 Å². The predicted molar refractivity (Wildman–Crippen MR) is 71.4 cm³/mol. The van der Waals surface area contributed by atoms with Crippen molar-refractivity contribution >= 4 is 17.3 Å². The number of carboxylic acids is 1. The second-order valence-electron chi connectivity index (χ2n) is 4.27. The van der Waals surface area contributed by atoms with E-state index < -0.39 is 5.97 Å². The molecule has 1 heterocycles. The van der Waals surface area contributed by atoms with Crippen LogP contribution in [0, 0.1) is 5.92 Å². The van der Waals surface area contributed by atoms with E-state index in [1.54, 1.807) is 18.3 Å². The summed E-state index contributed by atoms with van der Waals surface area (Å²) in [5.74, 6) is -1.03. The summed E-state index contributed by atoms with van der Waals surface area (Å²) in [6.07, 6.45) is 1.01. The van der Waals surface area contributed by atoms with E-state index in [0.717, 1.165) is 13.0 Å². The first-order valence-electron chi connectivity index (χ1n) is 6.10. The summed E-state index contributed by atoms with van der Waals surface area (Å²) in [5, 5.41) is 11.1. The molecule has 0 amide bonds. The molecule has 2 atom stereocenters. The Kier molecular flexibility index (Phi) is 5.65. The molecular formula is C13H21NO2S. The third-order valence-corrected chi connectivity index (χ3v) is 4.01. The zero-order chi connectivity index (χ0) is 12.8. The Balaban J connectivity index is 2.74. The maximum atomic E-state index is 10.9. The molecule has 0 saturated heterocycles. The summed E-state index contributed by atoms with van der Waals surface area (Å²) in [5.41, 5.74) is 0. The molecule has 0 aliphatic heterocycles. The van der Waals surface area contributed by atoms with Crippen LogP contribution in [0.3, 0.4) is 0 Å². The molecule has 1 N–H and O–H groups in total. The molecule has 17 heavy (non-hydrogen) atoms. The minimum Gasteiger partial charge on any atom is -0.481 e. The minimum atomic E-state index is -0.718. The summed E-state index contributed by atoms with van der Waals surface area (Å²) in [7, 11) is 0. The lowest BCUT2D eigenvalue weighted by Gasteiger charge is -2.30. The van der Waals surface area contributed by atoms with Gasteiger partial charge in [-0.15, -0.1) is 11.3 Å². The number of thiophene rings is 1. The highest BCUT2D eigenvalue weighted by atomic mass is 32.1. The fourth-order valence-corrected chi connectivity index (χ4v) is 2.97. The van der Waals surface area contributed by atoms with Crippen molar-refractivity contribution in [3.8, 4) is 0 Å². The van der Waals surface area contributed by atoms with Crippen LogP contribution in [0.5, 0.6) is 0 Å². The molecule has 0 spiro atoms. The first-order valence-corrected chi connectivity index (χ1v) is 6.98. The summed E-state index contributed by atoms with van der Waals surface area (Å²) >= 11 is 1.75. The Morgan fingerprint density at radius 3 is 2.65 bits per heavy atom. The SMILES string of the molecule is CCC(c1cccs1)N(CC)CC(C)C(=O)O. The quantitative estimate of drug-likeness (QED) is 0.813. The third-order valence-electron chi connectivity index (χ3n) is 3.04. The van der Waals surface area contributed by atoms with Crippen LogP contribution in [0.2, 0.25) is 0 Å². The van der Waals surface area contributed by atoms with E-state index in [1.807, 2.05) is 0 Å². The van der Waals surface area contributed by atoms with E-state index in [4.69, 9.17) is 5.11 Å². The van der Waals surface area contributed by atoms with Crippen LogP contribution in [0.4, 0.5) is 0 Å². The van der Waals surface area contributed by atoms with Crippen molar-refractivity contribution in [3.05, 3.63) is 22.4 Å². The first kappa shape index (κ1) is 14.2. The highest BCUT2D eigenvalue weighted by Gasteiger charge is 2.22. The molecule has 0 saturated carbocycles. The fraction of sp³-hybridized carbons (Fsp3) is 0.615. The smallest absolute Gasteiger partial charge is 0.307 e. The number of nitrogens with zero attached hydrogens (tertiary/aromatic N) is 1. The van der Waals surface area contributed by atoms with Crippen LogP contribution >= 0.6 is 11.3 Å². The minimum absolute atomic E-state index is 0.316. The molecule has 4 heteroatoms. The molecule has 96 valence electrons. The molecule has 0 fully saturated rings. The topological polar surface area (TPSA) is 40.5 Å². The van der Waals surface area contributed by atoms with Gasteiger partial charge in [0, 0.05) is 17.5 Å². The Morgan fingerprint density at radius 1 is 1.53 bits per heavy atom. The highest BCUT2D eigenvalue weighted by molar-refractivity contribution is 7.10. The van der Waals surface area contributed by atoms with Gasteiger partial charge in [0.25, 0.3) is 0 Å². The number of hydrogen-bond donors (Lipinski definition) is 1. The lowest BCUT2D eigenvalue weighted by Crippen LogP contribution is -2.34. The zero-order valence-corrected chi connectivity index (χ0v) is 11.5. The van der Waals surface area contributed by atoms with Crippen molar-refractivity contribution in [1.82, 2.24) is 4.90 Å². The molecule has 1 aromatic heterocycles. The van der Waals surface area contributed by atoms with Crippen molar-refractivity contribution in [2.45, 2.75) is 33.2 Å². The van der Waals surface area contributed by atoms with E-state index in [-0.39, 0.29) is 5.92 Å². The Bertz CT molecular complexity index is 337. The largest absolute Gasteiger partial charge is 0.481 e. The van der Waals surface area contributed by atoms with Crippen LogP contribution in [0.15, 0.2) is 17.5 Å². The monoisotopic (exact) mass is 255 g/mol. The molecule has 0 aliphatic carbocycles. The molecular weight excluding hydrogens is 234 g/mol. The van der Waals surface area contributed by atoms with Gasteiger partial charge in [0.1, 0.15) is 0 Å². The molecule has 3 nitrogen and oxygen atoms in total. The van der Waals surface area contributed by atoms with Gasteiger partial charge in [-0.2, -0.15) is 0 Å². The van der Waals surface area contributed by atoms with E-state index in [1.165, 1.54) is 4.88 Å². The van der Waals surface area contributed by atoms with Crippen molar-refractivity contribution in [2.24, 2.45) is 5.92 Å². The number of carboxylic acid groups (broad SMARTS) is 1. The number of hydrogen-bond acceptors (Lipinski definition) is 3. The molecule has 2 unspecified atom stereocenters. The summed E-state index contributed by atoms with van der Waals surface area (Å²) in [4.78, 5) is 14.5. The predicted octanol–water partition coefficient (Wildman–Crippen LogP) is 3.24. The van der Waals surface area contributed by atoms with Gasteiger partial charge in [0.2, 0.25) is 0 Å². The number of aliphatic carboxylic acids is 1. The maximum Gasteiger partial charge on any atom is 0.307 e. The average Bonchev–Trinajstić information content (AvgIpc) is 2.81. The normalized spacial score (nSPS) is 14.8. The zero-order valence-electron chi connectivity index (χ0n) is 10.7. The lowest BCUT2D eigenvalue weighted by molar-refractivity contribution is -0.141. The number of carbonyl (C=O) groups is 1. The second kappa shape index (κ2) is 6.77. The van der Waals surface area contributed by atoms with Gasteiger partial charge < -0.3 is 5.11 Å². The lowest BCUT2D eigenvalue weighted by atomic mass is 10.1. The Labute approximate surface area is 107 Å². The van der Waals surface area contributed by atoms with Gasteiger partial charge >= 0.3 is 5.97 Å². The Morgan fingerprint density at radius 2 is 2.24 bits per heavy atom. The Hall–Kier alpha value is -0.870. The highest BCUT2D eigenvalue weighted by Crippen LogP contribution is 2.28. The van der Waals surface area contributed by atoms with Crippen molar-refractivity contribution in [2.75, 3.05) is 13.1 Å². The van der Waals surface area contributed by atoms with E-state index in [2.05, 4.69) is 36.3 Å². The van der Waals surface area contributed by atoms with Gasteiger partial charge in [-0.3, -0.25) is 9.69 Å². The summed E-state index contributed by atoms with van der Waals surface area (Å²) in [6, 6.07) is 4.53. The second-order valence-corrected chi connectivity index (χ2v) is 5.25. The van der Waals surface area contributed by atoms with E-state index >= 15 is 0 Å². The first-order chi connectivity index (χ1) is 8.10. The van der Waals surface area contributed by atoms with Crippen LogP contribution in [0.25, 0.3) is 0 Å². The van der Waals surface area contributed by atoms with Crippen LogP contribution in [-0.2, 0) is 4.79 Å². The molecule has 1 rings (SSSR count). The average molecular weight is 255 g/mol. The van der Waals surface area contributed by atoms with Crippen LogP contribution in [0.1, 0.15) is 38.1 Å². The third kappa shape index (κ3) is 3.82. The van der Waals surface area contributed by atoms with Gasteiger partial charge in [-0.1, -0.05) is 26.8 Å². The molecule has 1 aromatic rings. The number of rotatable bonds is 7. The van der Waals surface area contributed by atoms with E-state index in [0.29, 0.717) is 12.6 Å². The molecule has 0 radical (unpaired) electrons.